The molecular weight excluding hydrogens is 753 g/mol. The Bertz CT molecular complexity index is 1880. The summed E-state index contributed by atoms with van der Waals surface area (Å²) in [5.41, 5.74) is 6.78. The van der Waals surface area contributed by atoms with Crippen molar-refractivity contribution in [1.29, 1.82) is 0 Å². The van der Waals surface area contributed by atoms with E-state index in [1.165, 1.54) is 33.4 Å². The predicted molar refractivity (Wildman–Crippen MR) is 235 cm³/mol. The van der Waals surface area contributed by atoms with Crippen LogP contribution in [0.2, 0.25) is 0 Å². The van der Waals surface area contributed by atoms with Gasteiger partial charge in [0, 0.05) is 0 Å². The van der Waals surface area contributed by atoms with Gasteiger partial charge in [0.2, 0.25) is 0 Å². The zero-order valence-electron chi connectivity index (χ0n) is 37.5. The van der Waals surface area contributed by atoms with E-state index in [0.29, 0.717) is 23.3 Å². The Kier molecular flexibility index (Phi) is 12.9. The first kappa shape index (κ1) is 44.2. The standard InChI is InChI=1S/C52H70O8/c1-33(2)35-15-19-41-37(27-35)17-21-45-49(41,5)23-11-25-51(45,7)47(55)59-31-39(53)29-57-43-13-9-10-14-44(43)58-30-40(54)32-60-48(56)52(8)26-12-24-50(6)42-20-16-36(34(3)4)28-38(42)18-22-46(50)52/h9-10,13-16,19-20,27-28,33-34,39-40,45-46,53-54H,11-12,17-18,21-26,29-32H2,1-8H3. The Morgan fingerprint density at radius 1 is 0.600 bits per heavy atom. The maximum Gasteiger partial charge on any atom is 0.312 e. The number of carbonyl (C=O) groups excluding carboxylic acids is 2. The van der Waals surface area contributed by atoms with Gasteiger partial charge in [-0.25, -0.2) is 0 Å². The molecule has 2 N–H and O–H groups in total. The lowest BCUT2D eigenvalue weighted by atomic mass is 9.49. The second-order valence-electron chi connectivity index (χ2n) is 20.3. The molecule has 4 aliphatic rings. The molecule has 8 unspecified atom stereocenters. The Morgan fingerprint density at radius 2 is 1.00 bits per heavy atom. The summed E-state index contributed by atoms with van der Waals surface area (Å²) in [6.45, 7) is 17.1. The van der Waals surface area contributed by atoms with Crippen LogP contribution in [0.25, 0.3) is 0 Å². The summed E-state index contributed by atoms with van der Waals surface area (Å²) < 4.78 is 23.6. The molecule has 0 heterocycles. The van der Waals surface area contributed by atoms with Gasteiger partial charge in [0.25, 0.3) is 0 Å². The van der Waals surface area contributed by atoms with Gasteiger partial charge in [-0.05, 0) is 145 Å². The third kappa shape index (κ3) is 8.36. The van der Waals surface area contributed by atoms with Crippen LogP contribution in [0.15, 0.2) is 60.7 Å². The van der Waals surface area contributed by atoms with E-state index in [4.69, 9.17) is 18.9 Å². The summed E-state index contributed by atoms with van der Waals surface area (Å²) in [4.78, 5) is 27.7. The number of para-hydroxylation sites is 2. The molecule has 4 aliphatic carbocycles. The molecule has 60 heavy (non-hydrogen) atoms. The minimum atomic E-state index is -1.05. The third-order valence-corrected chi connectivity index (χ3v) is 15.5. The van der Waals surface area contributed by atoms with Crippen LogP contribution in [0.3, 0.4) is 0 Å². The number of fused-ring (bicyclic) bond motifs is 6. The minimum Gasteiger partial charge on any atom is -0.487 e. The van der Waals surface area contributed by atoms with Gasteiger partial charge < -0.3 is 29.2 Å². The van der Waals surface area contributed by atoms with Crippen molar-refractivity contribution >= 4 is 11.9 Å². The molecule has 8 heteroatoms. The van der Waals surface area contributed by atoms with Crippen LogP contribution in [-0.2, 0) is 42.7 Å². The number of hydrogen-bond acceptors (Lipinski definition) is 8. The second-order valence-corrected chi connectivity index (χ2v) is 20.3. The molecule has 2 fully saturated rings. The summed E-state index contributed by atoms with van der Waals surface area (Å²) in [5.74, 6) is 1.51. The molecule has 8 nitrogen and oxygen atoms in total. The second kappa shape index (κ2) is 17.5. The zero-order chi connectivity index (χ0) is 43.0. The van der Waals surface area contributed by atoms with Crippen molar-refractivity contribution in [2.75, 3.05) is 26.4 Å². The summed E-state index contributed by atoms with van der Waals surface area (Å²) >= 11 is 0. The van der Waals surface area contributed by atoms with Crippen molar-refractivity contribution in [3.63, 3.8) is 0 Å². The first-order valence-electron chi connectivity index (χ1n) is 22.8. The lowest BCUT2D eigenvalue weighted by molar-refractivity contribution is -0.168. The molecule has 0 saturated heterocycles. The molecule has 2 saturated carbocycles. The van der Waals surface area contributed by atoms with Gasteiger partial charge in [-0.3, -0.25) is 9.59 Å². The van der Waals surface area contributed by atoms with Crippen LogP contribution >= 0.6 is 0 Å². The Hall–Kier alpha value is -3.88. The van der Waals surface area contributed by atoms with Gasteiger partial charge in [-0.1, -0.05) is 103 Å². The highest BCUT2D eigenvalue weighted by Gasteiger charge is 2.57. The van der Waals surface area contributed by atoms with E-state index >= 15 is 0 Å². The van der Waals surface area contributed by atoms with Crippen molar-refractivity contribution < 1.29 is 38.7 Å². The fourth-order valence-corrected chi connectivity index (χ4v) is 12.1. The maximum absolute atomic E-state index is 13.9. The number of aryl methyl sites for hydroxylation is 2. The molecule has 0 spiro atoms. The van der Waals surface area contributed by atoms with Crippen molar-refractivity contribution in [3.8, 4) is 11.5 Å². The smallest absolute Gasteiger partial charge is 0.312 e. The highest BCUT2D eigenvalue weighted by Crippen LogP contribution is 2.59. The number of hydrogen-bond donors (Lipinski definition) is 2. The van der Waals surface area contributed by atoms with E-state index in [2.05, 4.69) is 91.8 Å². The molecule has 0 amide bonds. The summed E-state index contributed by atoms with van der Waals surface area (Å²) in [6, 6.07) is 20.9. The van der Waals surface area contributed by atoms with E-state index in [1.54, 1.807) is 24.3 Å². The number of rotatable bonds is 14. The van der Waals surface area contributed by atoms with Gasteiger partial charge in [0.05, 0.1) is 10.8 Å². The van der Waals surface area contributed by atoms with E-state index < -0.39 is 23.0 Å². The zero-order valence-corrected chi connectivity index (χ0v) is 37.5. The Labute approximate surface area is 358 Å². The Morgan fingerprint density at radius 3 is 1.38 bits per heavy atom. The monoisotopic (exact) mass is 823 g/mol. The van der Waals surface area contributed by atoms with Crippen molar-refractivity contribution in [3.05, 3.63) is 94.0 Å². The topological polar surface area (TPSA) is 112 Å². The molecule has 0 radical (unpaired) electrons. The average molecular weight is 823 g/mol. The highest BCUT2D eigenvalue weighted by atomic mass is 16.6. The van der Waals surface area contributed by atoms with Gasteiger partial charge in [0.1, 0.15) is 38.6 Å². The number of aliphatic hydroxyl groups is 2. The third-order valence-electron chi connectivity index (χ3n) is 15.5. The van der Waals surface area contributed by atoms with Gasteiger partial charge in [-0.2, -0.15) is 0 Å². The van der Waals surface area contributed by atoms with Crippen LogP contribution in [0, 0.1) is 22.7 Å². The average Bonchev–Trinajstić information content (AvgIpc) is 3.22. The normalized spacial score (nSPS) is 29.3. The fraction of sp³-hybridized carbons (Fsp3) is 0.615. The van der Waals surface area contributed by atoms with E-state index in [1.807, 2.05) is 0 Å². The first-order valence-corrected chi connectivity index (χ1v) is 22.8. The van der Waals surface area contributed by atoms with Gasteiger partial charge >= 0.3 is 11.9 Å². The molecule has 3 aromatic rings. The number of carbonyl (C=O) groups is 2. The molecule has 326 valence electrons. The molecule has 3 aromatic carbocycles. The van der Waals surface area contributed by atoms with Gasteiger partial charge in [0.15, 0.2) is 11.5 Å². The molecular formula is C52H70O8. The minimum absolute atomic E-state index is 0.105. The van der Waals surface area contributed by atoms with Crippen LogP contribution < -0.4 is 9.47 Å². The number of ether oxygens (including phenoxy) is 4. The van der Waals surface area contributed by atoms with Gasteiger partial charge in [-0.15, -0.1) is 0 Å². The summed E-state index contributed by atoms with van der Waals surface area (Å²) in [5, 5.41) is 21.8. The molecule has 0 aliphatic heterocycles. The predicted octanol–water partition coefficient (Wildman–Crippen LogP) is 9.92. The van der Waals surface area contributed by atoms with Crippen molar-refractivity contribution in [2.24, 2.45) is 22.7 Å². The number of esters is 2. The maximum atomic E-state index is 13.9. The summed E-state index contributed by atoms with van der Waals surface area (Å²) in [7, 11) is 0. The van der Waals surface area contributed by atoms with Crippen molar-refractivity contribution in [2.45, 2.75) is 154 Å². The quantitative estimate of drug-likeness (QED) is 0.155. The fourth-order valence-electron chi connectivity index (χ4n) is 12.1. The van der Waals surface area contributed by atoms with E-state index in [9.17, 15) is 19.8 Å². The number of aliphatic hydroxyl groups excluding tert-OH is 2. The molecule has 8 atom stereocenters. The van der Waals surface area contributed by atoms with E-state index in [0.717, 1.165) is 64.2 Å². The number of benzene rings is 3. The molecule has 0 bridgehead atoms. The van der Waals surface area contributed by atoms with Crippen LogP contribution in [0.4, 0.5) is 0 Å². The lowest BCUT2D eigenvalue weighted by Gasteiger charge is -2.54. The highest BCUT2D eigenvalue weighted by molar-refractivity contribution is 5.78. The van der Waals surface area contributed by atoms with E-state index in [-0.39, 0.29) is 61.0 Å². The molecule has 7 rings (SSSR count). The van der Waals surface area contributed by atoms with Crippen molar-refractivity contribution in [1.82, 2.24) is 0 Å². The first-order chi connectivity index (χ1) is 28.5. The Balaban J connectivity index is 0.890. The largest absolute Gasteiger partial charge is 0.487 e. The van der Waals surface area contributed by atoms with Crippen LogP contribution in [0.1, 0.15) is 152 Å². The lowest BCUT2D eigenvalue weighted by Crippen LogP contribution is -2.53. The molecule has 0 aromatic heterocycles. The SMILES string of the molecule is CC(C)c1ccc2c(c1)CCC1C(C)(C(=O)OCC(O)COc3ccccc3OCC(O)COC(=O)C3(C)CCCC4(C)c5ccc(C(C)C)cc5CCC34)CCCC21C. The van der Waals surface area contributed by atoms with Crippen LogP contribution in [-0.4, -0.2) is 60.8 Å². The summed E-state index contributed by atoms with van der Waals surface area (Å²) in [6.07, 6.45) is 7.18. The van der Waals surface area contributed by atoms with Crippen LogP contribution in [0.5, 0.6) is 11.5 Å².